The summed E-state index contributed by atoms with van der Waals surface area (Å²) in [5.74, 6) is -1.06. The van der Waals surface area contributed by atoms with E-state index in [9.17, 15) is 23.4 Å². The van der Waals surface area contributed by atoms with Crippen LogP contribution >= 0.6 is 23.2 Å². The maximum atomic E-state index is 13.2. The summed E-state index contributed by atoms with van der Waals surface area (Å²) in [5, 5.41) is 24.2. The highest BCUT2D eigenvalue weighted by atomic mass is 35.5. The first-order chi connectivity index (χ1) is 17.7. The monoisotopic (exact) mass is 578 g/mol. The van der Waals surface area contributed by atoms with Crippen LogP contribution in [-0.4, -0.2) is 60.7 Å². The molecule has 1 unspecified atom stereocenters. The first-order valence-corrected chi connectivity index (χ1v) is 14.2. The minimum Gasteiger partial charge on any atom is -0.478 e. The number of hydrogen-bond donors (Lipinski definition) is 3. The van der Waals surface area contributed by atoms with Gasteiger partial charge in [0.25, 0.3) is 0 Å². The molecule has 0 aromatic heterocycles. The van der Waals surface area contributed by atoms with E-state index in [1.165, 1.54) is 31.3 Å². The van der Waals surface area contributed by atoms with E-state index in [1.54, 1.807) is 24.3 Å². The number of aromatic carboxylic acids is 1. The zero-order valence-corrected chi connectivity index (χ0v) is 24.0. The molecule has 0 saturated carbocycles. The normalized spacial score (nSPS) is 13.1. The van der Waals surface area contributed by atoms with Crippen molar-refractivity contribution in [2.75, 3.05) is 20.1 Å². The standard InChI is InChI=1S/C28H32Cl2N2O5S/c1-18-11-19(12-25(29)26(18)30)15-28(2,3)31-16-23(33)17-32(4)38(36,37)24-10-6-8-21(14-24)20-7-5-9-22(13-20)27(34)35/h5-14,23,31,33H,15-17H2,1-4H3,(H,34,35). The molecule has 0 aliphatic heterocycles. The average molecular weight is 580 g/mol. The van der Waals surface area contributed by atoms with Gasteiger partial charge in [0.15, 0.2) is 0 Å². The second-order valence-electron chi connectivity index (χ2n) is 10.0. The van der Waals surface area contributed by atoms with Crippen LogP contribution in [-0.2, 0) is 16.4 Å². The smallest absolute Gasteiger partial charge is 0.335 e. The van der Waals surface area contributed by atoms with Crippen molar-refractivity contribution < 1.29 is 23.4 Å². The molecule has 10 heteroatoms. The van der Waals surface area contributed by atoms with Crippen LogP contribution in [0.1, 0.15) is 35.3 Å². The first kappa shape index (κ1) is 30.1. The molecule has 3 aromatic carbocycles. The SMILES string of the molecule is Cc1cc(CC(C)(C)NCC(O)CN(C)S(=O)(=O)c2cccc(-c3cccc(C(=O)O)c3)c2)cc(Cl)c1Cl. The third-order valence-electron chi connectivity index (χ3n) is 6.19. The zero-order valence-electron chi connectivity index (χ0n) is 21.7. The Morgan fingerprint density at radius 1 is 1.05 bits per heavy atom. The van der Waals surface area contributed by atoms with Gasteiger partial charge in [0.2, 0.25) is 10.0 Å². The predicted octanol–water partition coefficient (Wildman–Crippen LogP) is 5.26. The van der Waals surface area contributed by atoms with Gasteiger partial charge in [-0.25, -0.2) is 13.2 Å². The predicted molar refractivity (Wildman–Crippen MR) is 152 cm³/mol. The molecule has 0 fully saturated rings. The molecular formula is C28H32Cl2N2O5S. The fourth-order valence-electron chi connectivity index (χ4n) is 4.17. The van der Waals surface area contributed by atoms with Crippen LogP contribution in [0.2, 0.25) is 10.0 Å². The van der Waals surface area contributed by atoms with Gasteiger partial charge in [-0.2, -0.15) is 4.31 Å². The number of β-amino-alcohol motifs (C(OH)–C–C–N with tert-alkyl or cyclic N) is 1. The van der Waals surface area contributed by atoms with E-state index in [2.05, 4.69) is 5.32 Å². The Kier molecular flexibility index (Phi) is 9.62. The molecule has 3 N–H and O–H groups in total. The number of likely N-dealkylation sites (N-methyl/N-ethyl adjacent to an activating group) is 1. The largest absolute Gasteiger partial charge is 0.478 e. The van der Waals surface area contributed by atoms with Gasteiger partial charge in [-0.15, -0.1) is 0 Å². The maximum Gasteiger partial charge on any atom is 0.335 e. The van der Waals surface area contributed by atoms with Crippen molar-refractivity contribution in [3.8, 4) is 11.1 Å². The van der Waals surface area contributed by atoms with Crippen molar-refractivity contribution in [3.05, 3.63) is 87.4 Å². The van der Waals surface area contributed by atoms with Gasteiger partial charge in [0, 0.05) is 25.7 Å². The number of carboxylic acids is 1. The number of rotatable bonds is 11. The minimum absolute atomic E-state index is 0.0497. The van der Waals surface area contributed by atoms with E-state index in [-0.39, 0.29) is 23.5 Å². The van der Waals surface area contributed by atoms with Crippen LogP contribution in [0.15, 0.2) is 65.6 Å². The summed E-state index contributed by atoms with van der Waals surface area (Å²) < 4.78 is 27.6. The van der Waals surface area contributed by atoms with Gasteiger partial charge in [-0.05, 0) is 79.8 Å². The number of sulfonamides is 1. The first-order valence-electron chi connectivity index (χ1n) is 12.0. The van der Waals surface area contributed by atoms with Gasteiger partial charge in [0.1, 0.15) is 0 Å². The lowest BCUT2D eigenvalue weighted by atomic mass is 9.94. The van der Waals surface area contributed by atoms with Crippen LogP contribution in [0.4, 0.5) is 0 Å². The average Bonchev–Trinajstić information content (AvgIpc) is 2.86. The Bertz CT molecular complexity index is 1400. The summed E-state index contributed by atoms with van der Waals surface area (Å²) in [4.78, 5) is 11.4. The summed E-state index contributed by atoms with van der Waals surface area (Å²) in [5.41, 5.74) is 2.76. The van der Waals surface area contributed by atoms with E-state index < -0.39 is 27.6 Å². The minimum atomic E-state index is -3.90. The molecule has 0 heterocycles. The van der Waals surface area contributed by atoms with E-state index in [0.29, 0.717) is 27.6 Å². The van der Waals surface area contributed by atoms with Gasteiger partial charge in [0.05, 0.1) is 26.6 Å². The highest BCUT2D eigenvalue weighted by Crippen LogP contribution is 2.29. The van der Waals surface area contributed by atoms with Crippen molar-refractivity contribution in [1.82, 2.24) is 9.62 Å². The van der Waals surface area contributed by atoms with Crippen LogP contribution in [0.3, 0.4) is 0 Å². The highest BCUT2D eigenvalue weighted by Gasteiger charge is 2.25. The number of aliphatic hydroxyl groups excluding tert-OH is 1. The van der Waals surface area contributed by atoms with Gasteiger partial charge < -0.3 is 15.5 Å². The summed E-state index contributed by atoms with van der Waals surface area (Å²) in [6, 6.07) is 16.4. The van der Waals surface area contributed by atoms with Crippen LogP contribution < -0.4 is 5.32 Å². The molecule has 38 heavy (non-hydrogen) atoms. The summed E-state index contributed by atoms with van der Waals surface area (Å²) in [6.45, 7) is 5.93. The van der Waals surface area contributed by atoms with Crippen molar-refractivity contribution in [1.29, 1.82) is 0 Å². The fourth-order valence-corrected chi connectivity index (χ4v) is 5.83. The van der Waals surface area contributed by atoms with Gasteiger partial charge >= 0.3 is 5.97 Å². The third kappa shape index (κ3) is 7.56. The van der Waals surface area contributed by atoms with E-state index >= 15 is 0 Å². The summed E-state index contributed by atoms with van der Waals surface area (Å²) in [6.07, 6.45) is -0.332. The van der Waals surface area contributed by atoms with Crippen molar-refractivity contribution in [2.24, 2.45) is 0 Å². The number of aliphatic hydroxyl groups is 1. The topological polar surface area (TPSA) is 107 Å². The molecule has 0 amide bonds. The van der Waals surface area contributed by atoms with E-state index in [0.717, 1.165) is 15.4 Å². The Labute approximate surface area is 234 Å². The van der Waals surface area contributed by atoms with Crippen molar-refractivity contribution in [2.45, 2.75) is 43.7 Å². The van der Waals surface area contributed by atoms with Crippen LogP contribution in [0.5, 0.6) is 0 Å². The molecule has 1 atom stereocenters. The number of carboxylic acid groups (broad SMARTS) is 1. The molecule has 7 nitrogen and oxygen atoms in total. The molecule has 0 spiro atoms. The molecule has 0 aliphatic carbocycles. The summed E-state index contributed by atoms with van der Waals surface area (Å²) >= 11 is 12.4. The van der Waals surface area contributed by atoms with E-state index in [1.807, 2.05) is 32.9 Å². The van der Waals surface area contributed by atoms with Gasteiger partial charge in [-0.3, -0.25) is 0 Å². The number of hydrogen-bond acceptors (Lipinski definition) is 5. The molecule has 0 aliphatic rings. The summed E-state index contributed by atoms with van der Waals surface area (Å²) in [7, 11) is -2.49. The Morgan fingerprint density at radius 2 is 1.68 bits per heavy atom. The van der Waals surface area contributed by atoms with Crippen molar-refractivity contribution in [3.63, 3.8) is 0 Å². The fraction of sp³-hybridized carbons (Fsp3) is 0.321. The number of benzene rings is 3. The van der Waals surface area contributed by atoms with Crippen LogP contribution in [0.25, 0.3) is 11.1 Å². The Hall–Kier alpha value is -2.46. The third-order valence-corrected chi connectivity index (χ3v) is 8.90. The highest BCUT2D eigenvalue weighted by molar-refractivity contribution is 7.89. The molecule has 0 radical (unpaired) electrons. The second-order valence-corrected chi connectivity index (χ2v) is 12.8. The maximum absolute atomic E-state index is 13.2. The lowest BCUT2D eigenvalue weighted by molar-refractivity contribution is 0.0697. The molecule has 0 bridgehead atoms. The molecule has 204 valence electrons. The number of carbonyl (C=O) groups is 1. The van der Waals surface area contributed by atoms with E-state index in [4.69, 9.17) is 23.2 Å². The molecule has 3 rings (SSSR count). The lowest BCUT2D eigenvalue weighted by Gasteiger charge is -2.29. The van der Waals surface area contributed by atoms with Gasteiger partial charge in [-0.1, -0.05) is 53.5 Å². The molecule has 0 saturated heterocycles. The number of nitrogens with one attached hydrogen (secondary N) is 1. The number of aryl methyl sites for hydroxylation is 1. The number of halogens is 2. The van der Waals surface area contributed by atoms with Crippen LogP contribution in [0, 0.1) is 6.92 Å². The molecule has 3 aromatic rings. The second kappa shape index (κ2) is 12.2. The Morgan fingerprint density at radius 3 is 2.32 bits per heavy atom. The van der Waals surface area contributed by atoms with Crippen molar-refractivity contribution >= 4 is 39.2 Å². The Balaban J connectivity index is 1.66. The zero-order chi connectivity index (χ0) is 28.3. The lowest BCUT2D eigenvalue weighted by Crippen LogP contribution is -2.47. The molecular weight excluding hydrogens is 547 g/mol. The quantitative estimate of drug-likeness (QED) is 0.286. The number of nitrogens with zero attached hydrogens (tertiary/aromatic N) is 1.